The van der Waals surface area contributed by atoms with Crippen LogP contribution in [-0.2, 0) is 6.54 Å². The fourth-order valence-corrected chi connectivity index (χ4v) is 3.16. The molecule has 1 aromatic heterocycles. The highest BCUT2D eigenvalue weighted by molar-refractivity contribution is 8.00. The van der Waals surface area contributed by atoms with Gasteiger partial charge < -0.3 is 10.6 Å². The summed E-state index contributed by atoms with van der Waals surface area (Å²) in [6.07, 6.45) is 3.07. The number of nitrogens with zero attached hydrogens (tertiary/aromatic N) is 3. The Kier molecular flexibility index (Phi) is 4.23. The van der Waals surface area contributed by atoms with E-state index >= 15 is 0 Å². The van der Waals surface area contributed by atoms with Gasteiger partial charge in [-0.15, -0.1) is 0 Å². The Morgan fingerprint density at radius 3 is 3.06 bits per heavy atom. The van der Waals surface area contributed by atoms with Crippen LogP contribution in [0, 0.1) is 6.92 Å². The number of aryl methyl sites for hydroxylation is 1. The van der Waals surface area contributed by atoms with Crippen molar-refractivity contribution in [3.05, 3.63) is 17.5 Å². The van der Waals surface area contributed by atoms with Gasteiger partial charge in [0.25, 0.3) is 0 Å². The summed E-state index contributed by atoms with van der Waals surface area (Å²) in [7, 11) is 0. The molecule has 1 aromatic rings. The number of nitrogens with two attached hydrogens (primary N) is 1. The summed E-state index contributed by atoms with van der Waals surface area (Å²) >= 11 is 2.06. The first-order chi connectivity index (χ1) is 8.24. The van der Waals surface area contributed by atoms with Gasteiger partial charge in [-0.2, -0.15) is 11.8 Å². The van der Waals surface area contributed by atoms with Crippen LogP contribution >= 0.6 is 11.8 Å². The molecule has 0 amide bonds. The van der Waals surface area contributed by atoms with E-state index in [4.69, 9.17) is 5.73 Å². The Morgan fingerprint density at radius 2 is 2.41 bits per heavy atom. The van der Waals surface area contributed by atoms with Gasteiger partial charge in [0.15, 0.2) is 0 Å². The van der Waals surface area contributed by atoms with Crippen molar-refractivity contribution in [2.75, 3.05) is 23.7 Å². The summed E-state index contributed by atoms with van der Waals surface area (Å²) in [5.74, 6) is 2.03. The van der Waals surface area contributed by atoms with Gasteiger partial charge in [0.2, 0.25) is 5.95 Å². The van der Waals surface area contributed by atoms with Crippen molar-refractivity contribution >= 4 is 17.7 Å². The molecular weight excluding hydrogens is 232 g/mol. The van der Waals surface area contributed by atoms with Gasteiger partial charge in [0, 0.05) is 48.1 Å². The number of thioether (sulfide) groups is 1. The summed E-state index contributed by atoms with van der Waals surface area (Å²) in [6, 6.07) is 0. The quantitative estimate of drug-likeness (QED) is 0.885. The predicted molar refractivity (Wildman–Crippen MR) is 73.4 cm³/mol. The monoisotopic (exact) mass is 252 g/mol. The third-order valence-electron chi connectivity index (χ3n) is 3.17. The van der Waals surface area contributed by atoms with E-state index in [1.807, 2.05) is 13.1 Å². The Balaban J connectivity index is 2.13. The molecule has 1 unspecified atom stereocenters. The number of rotatable bonds is 3. The van der Waals surface area contributed by atoms with Gasteiger partial charge in [0.1, 0.15) is 0 Å². The first-order valence-corrected chi connectivity index (χ1v) is 7.18. The van der Waals surface area contributed by atoms with Crippen molar-refractivity contribution in [3.63, 3.8) is 0 Å². The number of aromatic nitrogens is 2. The van der Waals surface area contributed by atoms with Crippen molar-refractivity contribution in [3.8, 4) is 0 Å². The Bertz CT molecular complexity index is 383. The smallest absolute Gasteiger partial charge is 0.225 e. The molecule has 1 atom stereocenters. The van der Waals surface area contributed by atoms with Gasteiger partial charge >= 0.3 is 0 Å². The van der Waals surface area contributed by atoms with Crippen LogP contribution in [0.3, 0.4) is 0 Å². The van der Waals surface area contributed by atoms with Gasteiger partial charge in [-0.25, -0.2) is 9.97 Å². The average molecular weight is 252 g/mol. The number of anilines is 1. The maximum absolute atomic E-state index is 5.63. The van der Waals surface area contributed by atoms with E-state index in [0.717, 1.165) is 30.3 Å². The molecule has 2 N–H and O–H groups in total. The molecule has 2 heterocycles. The molecule has 2 rings (SSSR count). The summed E-state index contributed by atoms with van der Waals surface area (Å²) in [5, 5.41) is 0.710. The second-order valence-electron chi connectivity index (χ2n) is 4.33. The first-order valence-electron chi connectivity index (χ1n) is 6.13. The van der Waals surface area contributed by atoms with Crippen molar-refractivity contribution < 1.29 is 0 Å². The zero-order valence-corrected chi connectivity index (χ0v) is 11.3. The van der Waals surface area contributed by atoms with Gasteiger partial charge in [0.05, 0.1) is 0 Å². The molecule has 0 bridgehead atoms. The lowest BCUT2D eigenvalue weighted by Crippen LogP contribution is -2.38. The molecule has 5 heteroatoms. The van der Waals surface area contributed by atoms with Crippen LogP contribution in [0.2, 0.25) is 0 Å². The molecule has 0 saturated carbocycles. The molecule has 1 aliphatic rings. The second-order valence-corrected chi connectivity index (χ2v) is 5.74. The van der Waals surface area contributed by atoms with E-state index in [1.165, 1.54) is 12.2 Å². The van der Waals surface area contributed by atoms with E-state index in [9.17, 15) is 0 Å². The van der Waals surface area contributed by atoms with Crippen LogP contribution < -0.4 is 10.6 Å². The van der Waals surface area contributed by atoms with Crippen LogP contribution in [-0.4, -0.2) is 34.1 Å². The minimum atomic E-state index is 0.513. The Hall–Kier alpha value is -0.810. The van der Waals surface area contributed by atoms with E-state index in [0.29, 0.717) is 11.8 Å². The Morgan fingerprint density at radius 1 is 1.59 bits per heavy atom. The lowest BCUT2D eigenvalue weighted by Gasteiger charge is -2.32. The van der Waals surface area contributed by atoms with Crippen molar-refractivity contribution in [2.45, 2.75) is 32.1 Å². The zero-order valence-electron chi connectivity index (χ0n) is 10.5. The normalized spacial score (nSPS) is 20.6. The third-order valence-corrected chi connectivity index (χ3v) is 4.54. The van der Waals surface area contributed by atoms with Crippen LogP contribution in [0.1, 0.15) is 24.6 Å². The van der Waals surface area contributed by atoms with Gasteiger partial charge in [-0.3, -0.25) is 0 Å². The fraction of sp³-hybridized carbons (Fsp3) is 0.667. The number of hydrogen-bond donors (Lipinski definition) is 1. The molecular formula is C12H20N4S. The van der Waals surface area contributed by atoms with Gasteiger partial charge in [-0.05, 0) is 13.3 Å². The van der Waals surface area contributed by atoms with Crippen molar-refractivity contribution in [2.24, 2.45) is 5.73 Å². The minimum absolute atomic E-state index is 0.513. The van der Waals surface area contributed by atoms with E-state index in [1.54, 1.807) is 0 Å². The van der Waals surface area contributed by atoms with E-state index in [2.05, 4.69) is 33.6 Å². The molecule has 1 saturated heterocycles. The van der Waals surface area contributed by atoms with Gasteiger partial charge in [-0.1, -0.05) is 6.92 Å². The molecule has 0 aromatic carbocycles. The fourth-order valence-electron chi connectivity index (χ4n) is 1.98. The topological polar surface area (TPSA) is 55.0 Å². The van der Waals surface area contributed by atoms with Crippen LogP contribution in [0.25, 0.3) is 0 Å². The maximum atomic E-state index is 5.63. The summed E-state index contributed by atoms with van der Waals surface area (Å²) in [6.45, 7) is 6.86. The highest BCUT2D eigenvalue weighted by Gasteiger charge is 2.21. The lowest BCUT2D eigenvalue weighted by atomic mass is 10.2. The molecule has 0 aliphatic carbocycles. The standard InChI is InChI=1S/C12H20N4S/c1-3-11-8-16(4-5-17-11)12-14-7-10(6-13)9(2)15-12/h7,11H,3-6,8,13H2,1-2H3. The first kappa shape index (κ1) is 12.6. The second kappa shape index (κ2) is 5.69. The molecule has 1 aliphatic heterocycles. The number of hydrogen-bond acceptors (Lipinski definition) is 5. The van der Waals surface area contributed by atoms with Crippen LogP contribution in [0.5, 0.6) is 0 Å². The molecule has 1 fully saturated rings. The van der Waals surface area contributed by atoms with E-state index < -0.39 is 0 Å². The van der Waals surface area contributed by atoms with Crippen LogP contribution in [0.4, 0.5) is 5.95 Å². The molecule has 0 spiro atoms. The minimum Gasteiger partial charge on any atom is -0.339 e. The van der Waals surface area contributed by atoms with Crippen molar-refractivity contribution in [1.29, 1.82) is 0 Å². The van der Waals surface area contributed by atoms with E-state index in [-0.39, 0.29) is 0 Å². The predicted octanol–water partition coefficient (Wildman–Crippen LogP) is 1.58. The zero-order chi connectivity index (χ0) is 12.3. The Labute approximate surface area is 107 Å². The highest BCUT2D eigenvalue weighted by Crippen LogP contribution is 2.23. The maximum Gasteiger partial charge on any atom is 0.225 e. The lowest BCUT2D eigenvalue weighted by molar-refractivity contribution is 0.706. The summed E-state index contributed by atoms with van der Waals surface area (Å²) in [4.78, 5) is 11.3. The van der Waals surface area contributed by atoms with Crippen molar-refractivity contribution in [1.82, 2.24) is 9.97 Å². The highest BCUT2D eigenvalue weighted by atomic mass is 32.2. The molecule has 94 valence electrons. The summed E-state index contributed by atoms with van der Waals surface area (Å²) < 4.78 is 0. The summed E-state index contributed by atoms with van der Waals surface area (Å²) in [5.41, 5.74) is 7.66. The molecule has 4 nitrogen and oxygen atoms in total. The SMILES string of the molecule is CCC1CN(c2ncc(CN)c(C)n2)CCS1. The third kappa shape index (κ3) is 2.90. The average Bonchev–Trinajstić information content (AvgIpc) is 2.38. The molecule has 0 radical (unpaired) electrons. The largest absolute Gasteiger partial charge is 0.339 e. The molecule has 17 heavy (non-hydrogen) atoms. The van der Waals surface area contributed by atoms with Crippen LogP contribution in [0.15, 0.2) is 6.20 Å².